The molecule has 1 atom stereocenters. The Morgan fingerprint density at radius 2 is 2.00 bits per heavy atom. The van der Waals surface area contributed by atoms with Crippen LogP contribution in [-0.2, 0) is 9.59 Å². The zero-order valence-electron chi connectivity index (χ0n) is 12.9. The Hall–Kier alpha value is -2.08. The van der Waals surface area contributed by atoms with Crippen molar-refractivity contribution in [3.8, 4) is 0 Å². The first-order valence-electron chi connectivity index (χ1n) is 6.61. The average Bonchev–Trinajstić information content (AvgIpc) is 2.34. The van der Waals surface area contributed by atoms with E-state index in [-0.39, 0.29) is 19.0 Å². The third-order valence-electron chi connectivity index (χ3n) is 2.51. The summed E-state index contributed by atoms with van der Waals surface area (Å²) in [7, 11) is 5.40. The highest BCUT2D eigenvalue weighted by atomic mass is 16.4. The van der Waals surface area contributed by atoms with Gasteiger partial charge in [0.15, 0.2) is 0 Å². The van der Waals surface area contributed by atoms with Crippen LogP contribution in [0.5, 0.6) is 0 Å². The molecular formula is C15H24N2O4. The van der Waals surface area contributed by atoms with Gasteiger partial charge in [-0.25, -0.2) is 0 Å². The van der Waals surface area contributed by atoms with E-state index < -0.39 is 11.9 Å². The molecule has 118 valence electrons. The lowest BCUT2D eigenvalue weighted by molar-refractivity contribution is -0.864. The molecule has 0 saturated carbocycles. The van der Waals surface area contributed by atoms with Crippen LogP contribution in [0.4, 0.5) is 0 Å². The zero-order valence-corrected chi connectivity index (χ0v) is 12.9. The van der Waals surface area contributed by atoms with E-state index in [0.717, 1.165) is 0 Å². The first-order chi connectivity index (χ1) is 9.65. The van der Waals surface area contributed by atoms with E-state index in [9.17, 15) is 14.7 Å². The molecule has 0 bridgehead atoms. The molecular weight excluding hydrogens is 272 g/mol. The summed E-state index contributed by atoms with van der Waals surface area (Å²) in [5.74, 6) is -1.77. The van der Waals surface area contributed by atoms with Gasteiger partial charge in [-0.2, -0.15) is 0 Å². The van der Waals surface area contributed by atoms with Gasteiger partial charge in [0.25, 0.3) is 0 Å². The number of carbonyl (C=O) groups excluding carboxylic acids is 1. The Kier molecular flexibility index (Phi) is 8.08. The van der Waals surface area contributed by atoms with Crippen LogP contribution >= 0.6 is 0 Å². The maximum Gasteiger partial charge on any atom is 0.305 e. The Balaban J connectivity index is 0.000000433. The van der Waals surface area contributed by atoms with Gasteiger partial charge in [0.05, 0.1) is 39.6 Å². The largest absolute Gasteiger partial charge is 0.544 e. The molecule has 1 aliphatic heterocycles. The summed E-state index contributed by atoms with van der Waals surface area (Å²) in [4.78, 5) is 22.2. The van der Waals surface area contributed by atoms with Crippen LogP contribution in [0.2, 0.25) is 0 Å². The highest BCUT2D eigenvalue weighted by molar-refractivity contribution is 5.67. The van der Waals surface area contributed by atoms with Crippen LogP contribution < -0.4 is 5.11 Å². The first kappa shape index (κ1) is 18.9. The fraction of sp³-hybridized carbons (Fsp3) is 0.467. The molecule has 0 amide bonds. The number of quaternary nitrogens is 1. The molecule has 1 unspecified atom stereocenters. The maximum atomic E-state index is 10.3. The normalized spacial score (nSPS) is 16.9. The second kappa shape index (κ2) is 8.97. The van der Waals surface area contributed by atoms with Crippen molar-refractivity contribution < 1.29 is 24.3 Å². The third kappa shape index (κ3) is 10.4. The second-order valence-corrected chi connectivity index (χ2v) is 5.65. The monoisotopic (exact) mass is 296 g/mol. The van der Waals surface area contributed by atoms with Gasteiger partial charge < -0.3 is 24.4 Å². The molecule has 0 aromatic rings. The number of carboxylic acids is 2. The fourth-order valence-electron chi connectivity index (χ4n) is 1.60. The lowest BCUT2D eigenvalue weighted by Gasteiger charge is -2.27. The second-order valence-electron chi connectivity index (χ2n) is 5.65. The van der Waals surface area contributed by atoms with Gasteiger partial charge in [-0.3, -0.25) is 4.79 Å². The summed E-state index contributed by atoms with van der Waals surface area (Å²) in [6.45, 7) is 4.28. The average molecular weight is 296 g/mol. The number of likely N-dealkylation sites (N-methyl/N-ethyl adjacent to an activating group) is 1. The van der Waals surface area contributed by atoms with Gasteiger partial charge in [0, 0.05) is 6.54 Å². The molecule has 0 aromatic heterocycles. The molecule has 6 nitrogen and oxygen atoms in total. The summed E-state index contributed by atoms with van der Waals surface area (Å²) in [5, 5.41) is 18.4. The van der Waals surface area contributed by atoms with E-state index in [1.54, 1.807) is 27.2 Å². The molecule has 0 spiro atoms. The van der Waals surface area contributed by atoms with Crippen molar-refractivity contribution in [2.75, 3.05) is 34.2 Å². The number of rotatable bonds is 6. The topological polar surface area (TPSA) is 80.7 Å². The standard InChI is InChI=1S/C10H13NO2.C5H11NO2/c1-2-9-5-3-4-7-11(9)8-6-10(12)13;1-6(2,3)4-5(7)8/h2-5,7,9H,1,6,8H2,(H,12,13);4H2,1-3H3. The highest BCUT2D eigenvalue weighted by Crippen LogP contribution is 2.09. The van der Waals surface area contributed by atoms with Crippen molar-refractivity contribution >= 4 is 11.9 Å². The molecule has 6 heteroatoms. The van der Waals surface area contributed by atoms with Crippen molar-refractivity contribution in [1.29, 1.82) is 0 Å². The lowest BCUT2D eigenvalue weighted by atomic mass is 10.2. The number of carboxylic acid groups (broad SMARTS) is 2. The minimum absolute atomic E-state index is 0.0694. The molecule has 0 aliphatic carbocycles. The SMILES string of the molecule is C=CC1C=CC=CN1CCC(=O)O.C[N+](C)(C)CC(=O)[O-]. The smallest absolute Gasteiger partial charge is 0.305 e. The summed E-state index contributed by atoms with van der Waals surface area (Å²) >= 11 is 0. The zero-order chi connectivity index (χ0) is 16.5. The van der Waals surface area contributed by atoms with Crippen LogP contribution in [0.25, 0.3) is 0 Å². The number of hydrogen-bond donors (Lipinski definition) is 1. The van der Waals surface area contributed by atoms with E-state index in [1.165, 1.54) is 0 Å². The molecule has 0 saturated heterocycles. The first-order valence-corrected chi connectivity index (χ1v) is 6.61. The van der Waals surface area contributed by atoms with Gasteiger partial charge in [-0.15, -0.1) is 6.58 Å². The molecule has 1 N–H and O–H groups in total. The van der Waals surface area contributed by atoms with Crippen LogP contribution in [-0.4, -0.2) is 66.7 Å². The van der Waals surface area contributed by atoms with Crippen LogP contribution in [0, 0.1) is 0 Å². The van der Waals surface area contributed by atoms with Crippen molar-refractivity contribution in [3.63, 3.8) is 0 Å². The molecule has 1 aliphatic rings. The highest BCUT2D eigenvalue weighted by Gasteiger charge is 2.11. The van der Waals surface area contributed by atoms with Crippen LogP contribution in [0.15, 0.2) is 37.1 Å². The molecule has 0 fully saturated rings. The third-order valence-corrected chi connectivity index (χ3v) is 2.51. The molecule has 0 aromatic carbocycles. The molecule has 1 heterocycles. The van der Waals surface area contributed by atoms with Crippen molar-refractivity contribution in [2.24, 2.45) is 0 Å². The lowest BCUT2D eigenvalue weighted by Crippen LogP contribution is -2.45. The predicted octanol–water partition coefficient (Wildman–Crippen LogP) is -0.156. The number of carbonyl (C=O) groups is 2. The Labute approximate surface area is 125 Å². The quantitative estimate of drug-likeness (QED) is 0.544. The summed E-state index contributed by atoms with van der Waals surface area (Å²) in [6.07, 6.45) is 9.64. The Morgan fingerprint density at radius 1 is 1.38 bits per heavy atom. The van der Waals surface area contributed by atoms with Gasteiger partial charge >= 0.3 is 5.97 Å². The number of hydrogen-bond acceptors (Lipinski definition) is 4. The minimum atomic E-state index is -1.00. The van der Waals surface area contributed by atoms with E-state index in [4.69, 9.17) is 5.11 Å². The fourth-order valence-corrected chi connectivity index (χ4v) is 1.60. The number of nitrogens with zero attached hydrogens (tertiary/aromatic N) is 2. The van der Waals surface area contributed by atoms with E-state index >= 15 is 0 Å². The molecule has 1 rings (SSSR count). The maximum absolute atomic E-state index is 10.3. The van der Waals surface area contributed by atoms with Gasteiger partial charge in [-0.1, -0.05) is 18.2 Å². The Morgan fingerprint density at radius 3 is 2.38 bits per heavy atom. The van der Waals surface area contributed by atoms with Crippen molar-refractivity contribution in [1.82, 2.24) is 4.90 Å². The Bertz CT molecular complexity index is 422. The van der Waals surface area contributed by atoms with E-state index in [2.05, 4.69) is 6.58 Å². The minimum Gasteiger partial charge on any atom is -0.544 e. The molecule has 21 heavy (non-hydrogen) atoms. The van der Waals surface area contributed by atoms with Gasteiger partial charge in [0.1, 0.15) is 6.54 Å². The van der Waals surface area contributed by atoms with Gasteiger partial charge in [-0.05, 0) is 12.3 Å². The van der Waals surface area contributed by atoms with Crippen molar-refractivity contribution in [2.45, 2.75) is 12.5 Å². The van der Waals surface area contributed by atoms with E-state index in [1.807, 2.05) is 29.3 Å². The van der Waals surface area contributed by atoms with Gasteiger partial charge in [0.2, 0.25) is 0 Å². The predicted molar refractivity (Wildman–Crippen MR) is 79.1 cm³/mol. The summed E-state index contributed by atoms with van der Waals surface area (Å²) < 4.78 is 0.419. The van der Waals surface area contributed by atoms with Crippen molar-refractivity contribution in [3.05, 3.63) is 37.1 Å². The van der Waals surface area contributed by atoms with Crippen LogP contribution in [0.1, 0.15) is 6.42 Å². The van der Waals surface area contributed by atoms with E-state index in [0.29, 0.717) is 11.0 Å². The molecule has 0 radical (unpaired) electrons. The summed E-state index contributed by atoms with van der Waals surface area (Å²) in [5.41, 5.74) is 0. The summed E-state index contributed by atoms with van der Waals surface area (Å²) in [6, 6.07) is 0.129. The van der Waals surface area contributed by atoms with Crippen LogP contribution in [0.3, 0.4) is 0 Å². The number of aliphatic carboxylic acids is 2. The number of allylic oxidation sites excluding steroid dienone is 2.